The topological polar surface area (TPSA) is 131 Å². The van der Waals surface area contributed by atoms with Crippen molar-refractivity contribution in [2.45, 2.75) is 56.9 Å². The van der Waals surface area contributed by atoms with Crippen LogP contribution in [0.2, 0.25) is 0 Å². The number of amides is 1. The van der Waals surface area contributed by atoms with Gasteiger partial charge in [-0.2, -0.15) is 0 Å². The summed E-state index contributed by atoms with van der Waals surface area (Å²) in [7, 11) is 1.92. The number of aliphatic imine (C=N–C) groups is 1. The maximum atomic E-state index is 13.6. The van der Waals surface area contributed by atoms with Crippen molar-refractivity contribution in [3.8, 4) is 0 Å². The fourth-order valence-electron chi connectivity index (χ4n) is 5.61. The van der Waals surface area contributed by atoms with Gasteiger partial charge in [0, 0.05) is 42.7 Å². The van der Waals surface area contributed by atoms with Gasteiger partial charge in [0.05, 0.1) is 11.4 Å². The molecule has 4 atom stereocenters. The molecule has 1 saturated heterocycles. The van der Waals surface area contributed by atoms with Crippen LogP contribution in [0, 0.1) is 16.0 Å². The summed E-state index contributed by atoms with van der Waals surface area (Å²) in [5, 5.41) is 13.2. The van der Waals surface area contributed by atoms with Crippen molar-refractivity contribution in [2.24, 2.45) is 16.6 Å². The SMILES string of the molecule is C[C@H](CCCN=C(N)N[N+](=O)[O-])NC(=O)[C@@H]1C[C@@H]2c3cccc4c3c(cn4C(F)(F)F)C[C@H]2N(C)C1. The van der Waals surface area contributed by atoms with Crippen molar-refractivity contribution >= 4 is 22.8 Å². The Hall–Kier alpha value is -3.35. The van der Waals surface area contributed by atoms with E-state index in [4.69, 9.17) is 5.73 Å². The van der Waals surface area contributed by atoms with Gasteiger partial charge in [0.25, 0.3) is 5.96 Å². The van der Waals surface area contributed by atoms with E-state index in [0.29, 0.717) is 47.7 Å². The smallest absolute Gasteiger partial charge is 0.365 e. The minimum Gasteiger partial charge on any atom is -0.365 e. The van der Waals surface area contributed by atoms with Gasteiger partial charge in [0.15, 0.2) is 5.03 Å². The third-order valence-electron chi connectivity index (χ3n) is 7.16. The highest BCUT2D eigenvalue weighted by atomic mass is 19.4. The van der Waals surface area contributed by atoms with Crippen LogP contribution < -0.4 is 16.5 Å². The van der Waals surface area contributed by atoms with E-state index in [0.717, 1.165) is 5.56 Å². The number of fused-ring (bicyclic) bond motifs is 2. The molecule has 10 nitrogen and oxygen atoms in total. The average Bonchev–Trinajstić information content (AvgIpc) is 3.17. The van der Waals surface area contributed by atoms with E-state index in [2.05, 4.69) is 15.2 Å². The fraction of sp³-hybridized carbons (Fsp3) is 0.565. The Balaban J connectivity index is 1.42. The lowest BCUT2D eigenvalue weighted by molar-refractivity contribution is -0.525. The maximum Gasteiger partial charge on any atom is 0.488 e. The Bertz CT molecular complexity index is 1180. The number of carbonyl (C=O) groups is 1. The molecule has 1 aromatic heterocycles. The van der Waals surface area contributed by atoms with Gasteiger partial charge >= 0.3 is 6.30 Å². The van der Waals surface area contributed by atoms with E-state index >= 15 is 0 Å². The molecule has 2 heterocycles. The number of likely N-dealkylation sites (N-methyl/N-ethyl adjacent to an activating group) is 1. The van der Waals surface area contributed by atoms with Gasteiger partial charge in [-0.1, -0.05) is 17.6 Å². The molecule has 0 radical (unpaired) electrons. The van der Waals surface area contributed by atoms with E-state index < -0.39 is 11.3 Å². The molecule has 0 unspecified atom stereocenters. The van der Waals surface area contributed by atoms with Gasteiger partial charge in [-0.3, -0.25) is 9.36 Å². The van der Waals surface area contributed by atoms with Gasteiger partial charge in [-0.25, -0.2) is 15.1 Å². The molecule has 13 heteroatoms. The predicted molar refractivity (Wildman–Crippen MR) is 128 cm³/mol. The third kappa shape index (κ3) is 5.25. The molecule has 0 spiro atoms. The van der Waals surface area contributed by atoms with Crippen molar-refractivity contribution in [3.05, 3.63) is 45.6 Å². The lowest BCUT2D eigenvalue weighted by Crippen LogP contribution is -2.52. The highest BCUT2D eigenvalue weighted by Gasteiger charge is 2.43. The zero-order chi connectivity index (χ0) is 26.2. The third-order valence-corrected chi connectivity index (χ3v) is 7.16. The van der Waals surface area contributed by atoms with Crippen LogP contribution >= 0.6 is 0 Å². The molecule has 0 bridgehead atoms. The average molecular weight is 510 g/mol. The van der Waals surface area contributed by atoms with Gasteiger partial charge in [0.2, 0.25) is 5.91 Å². The summed E-state index contributed by atoms with van der Waals surface area (Å²) in [4.78, 5) is 29.4. The normalized spacial score (nSPS) is 23.2. The van der Waals surface area contributed by atoms with Gasteiger partial charge < -0.3 is 16.0 Å². The number of hydrogen-bond donors (Lipinski definition) is 3. The summed E-state index contributed by atoms with van der Waals surface area (Å²) in [5.74, 6) is -0.691. The second-order valence-electron chi connectivity index (χ2n) is 9.67. The van der Waals surface area contributed by atoms with Crippen molar-refractivity contribution in [2.75, 3.05) is 20.1 Å². The molecule has 0 saturated carbocycles. The Labute approximate surface area is 205 Å². The second kappa shape index (κ2) is 9.96. The van der Waals surface area contributed by atoms with Crippen LogP contribution in [-0.2, 0) is 17.5 Å². The fourth-order valence-corrected chi connectivity index (χ4v) is 5.61. The van der Waals surface area contributed by atoms with Crippen LogP contribution in [0.25, 0.3) is 10.9 Å². The molecule has 2 aliphatic rings. The first-order valence-electron chi connectivity index (χ1n) is 11.9. The van der Waals surface area contributed by atoms with E-state index in [1.54, 1.807) is 11.5 Å². The molecule has 4 N–H and O–H groups in total. The second-order valence-corrected chi connectivity index (χ2v) is 9.67. The Morgan fingerprint density at radius 2 is 2.14 bits per heavy atom. The predicted octanol–water partition coefficient (Wildman–Crippen LogP) is 2.46. The van der Waals surface area contributed by atoms with Crippen molar-refractivity contribution < 1.29 is 23.0 Å². The number of nitrogens with zero attached hydrogens (tertiary/aromatic N) is 4. The standard InChI is InChI=1S/C23H30F3N7O3/c1-13(5-4-8-28-22(27)30-33(35)36)29-21(34)15-9-17-16-6-3-7-18-20(16)14(10-19(17)31(2)11-15)12-32(18)23(24,25)26/h3,6-7,12-13,15,17,19H,4-5,8-11H2,1-2H3,(H,29,34)(H3,27,28,30)/t13-,15-,17-,19-/m1/s1. The first-order chi connectivity index (χ1) is 17.0. The van der Waals surface area contributed by atoms with Gasteiger partial charge in [0.1, 0.15) is 0 Å². The molecule has 1 aliphatic heterocycles. The van der Waals surface area contributed by atoms with E-state index in [1.165, 1.54) is 12.3 Å². The van der Waals surface area contributed by atoms with Gasteiger partial charge in [-0.15, -0.1) is 13.2 Å². The van der Waals surface area contributed by atoms with Crippen LogP contribution in [-0.4, -0.2) is 58.6 Å². The Morgan fingerprint density at radius 1 is 1.39 bits per heavy atom. The summed E-state index contributed by atoms with van der Waals surface area (Å²) < 4.78 is 41.2. The molecule has 1 aromatic carbocycles. The van der Waals surface area contributed by atoms with Gasteiger partial charge in [-0.05, 0) is 56.8 Å². The lowest BCUT2D eigenvalue weighted by atomic mass is 9.72. The highest BCUT2D eigenvalue weighted by molar-refractivity contribution is 5.89. The number of rotatable bonds is 7. The zero-order valence-electron chi connectivity index (χ0n) is 20.1. The number of hydrogen-bond acceptors (Lipinski definition) is 5. The summed E-state index contributed by atoms with van der Waals surface area (Å²) in [5.41, 5.74) is 8.88. The number of halogens is 3. The number of benzene rings is 1. The maximum absolute atomic E-state index is 13.6. The first kappa shape index (κ1) is 25.7. The quantitative estimate of drug-likeness (QED) is 0.173. The number of likely N-dealkylation sites (tertiary alicyclic amines) is 1. The van der Waals surface area contributed by atoms with E-state index in [9.17, 15) is 28.1 Å². The molecule has 1 aliphatic carbocycles. The Kier molecular flexibility index (Phi) is 7.12. The molecule has 4 rings (SSSR count). The van der Waals surface area contributed by atoms with Crippen molar-refractivity contribution in [1.82, 2.24) is 20.2 Å². The Morgan fingerprint density at radius 3 is 2.83 bits per heavy atom. The monoisotopic (exact) mass is 509 g/mol. The number of hydrazine groups is 1. The number of aromatic nitrogens is 1. The molecular weight excluding hydrogens is 479 g/mol. The van der Waals surface area contributed by atoms with Crippen LogP contribution in [0.4, 0.5) is 13.2 Å². The molecular formula is C23H30F3N7O3. The summed E-state index contributed by atoms with van der Waals surface area (Å²) in [6.07, 6.45) is -1.01. The summed E-state index contributed by atoms with van der Waals surface area (Å²) in [6, 6.07) is 4.95. The number of carbonyl (C=O) groups excluding carboxylic acids is 1. The van der Waals surface area contributed by atoms with Crippen molar-refractivity contribution in [3.63, 3.8) is 0 Å². The molecule has 36 heavy (non-hydrogen) atoms. The number of nitrogens with two attached hydrogens (primary N) is 1. The minimum absolute atomic E-state index is 0.0322. The largest absolute Gasteiger partial charge is 0.488 e. The van der Waals surface area contributed by atoms with E-state index in [-0.39, 0.29) is 47.8 Å². The molecule has 2 aromatic rings. The number of nitrogens with one attached hydrogen (secondary N) is 2. The van der Waals surface area contributed by atoms with Crippen LogP contribution in [0.15, 0.2) is 29.4 Å². The van der Waals surface area contributed by atoms with Crippen LogP contribution in [0.1, 0.15) is 43.2 Å². The van der Waals surface area contributed by atoms with Crippen LogP contribution in [0.5, 0.6) is 0 Å². The number of guanidine groups is 1. The highest BCUT2D eigenvalue weighted by Crippen LogP contribution is 2.46. The molecule has 196 valence electrons. The first-order valence-corrected chi connectivity index (χ1v) is 11.9. The van der Waals surface area contributed by atoms with E-state index in [1.807, 2.05) is 20.0 Å². The minimum atomic E-state index is -4.49. The summed E-state index contributed by atoms with van der Waals surface area (Å²) >= 11 is 0. The zero-order valence-corrected chi connectivity index (χ0v) is 20.1. The number of nitro groups is 1. The lowest BCUT2D eigenvalue weighted by Gasteiger charge is -2.45. The number of alkyl halides is 3. The number of piperidine rings is 1. The summed E-state index contributed by atoms with van der Waals surface area (Å²) in [6.45, 7) is 2.69. The van der Waals surface area contributed by atoms with Crippen molar-refractivity contribution in [1.29, 1.82) is 0 Å². The van der Waals surface area contributed by atoms with Crippen LogP contribution in [0.3, 0.4) is 0 Å². The molecule has 1 amide bonds. The molecule has 1 fully saturated rings.